The van der Waals surface area contributed by atoms with Crippen molar-refractivity contribution in [2.24, 2.45) is 0 Å². The van der Waals surface area contributed by atoms with Gasteiger partial charge < -0.3 is 4.74 Å². The van der Waals surface area contributed by atoms with Crippen molar-refractivity contribution < 1.29 is 17.9 Å². The topological polar surface area (TPSA) is 9.23 Å². The van der Waals surface area contributed by atoms with Crippen LogP contribution in [0.1, 0.15) is 12.5 Å². The second-order valence-electron chi connectivity index (χ2n) is 2.63. The second-order valence-corrected chi connectivity index (χ2v) is 3.48. The molecule has 0 aliphatic heterocycles. The van der Waals surface area contributed by atoms with Crippen molar-refractivity contribution in [3.63, 3.8) is 0 Å². The summed E-state index contributed by atoms with van der Waals surface area (Å²) >= 11 is 3.02. The number of aryl methyl sites for hydroxylation is 1. The molecule has 1 aromatic rings. The lowest BCUT2D eigenvalue weighted by Crippen LogP contribution is -2.18. The van der Waals surface area contributed by atoms with E-state index in [1.54, 1.807) is 19.1 Å². The Hall–Kier alpha value is -0.710. The zero-order chi connectivity index (χ0) is 10.8. The van der Waals surface area contributed by atoms with Crippen LogP contribution in [0.5, 0.6) is 5.75 Å². The van der Waals surface area contributed by atoms with Gasteiger partial charge in [-0.05, 0) is 34.0 Å². The third-order valence-corrected chi connectivity index (χ3v) is 2.27. The van der Waals surface area contributed by atoms with E-state index in [1.807, 2.05) is 0 Å². The van der Waals surface area contributed by atoms with E-state index in [-0.39, 0.29) is 5.75 Å². The predicted molar refractivity (Wildman–Crippen MR) is 50.2 cm³/mol. The maximum absolute atomic E-state index is 12.0. The Kier molecular flexibility index (Phi) is 3.42. The molecule has 0 N–H and O–H groups in total. The maximum atomic E-state index is 12.0. The number of hydrogen-bond donors (Lipinski definition) is 0. The molecule has 0 atom stereocenters. The number of benzene rings is 1. The molecule has 0 bridgehead atoms. The molecular weight excluding hydrogens is 261 g/mol. The Morgan fingerprint density at radius 1 is 1.36 bits per heavy atom. The summed E-state index contributed by atoms with van der Waals surface area (Å²) in [6.45, 7) is 1.77. The molecule has 0 saturated carbocycles. The fraction of sp³-hybridized carbons (Fsp3) is 0.333. The Balaban J connectivity index is 3.05. The highest BCUT2D eigenvalue weighted by atomic mass is 79.9. The van der Waals surface area contributed by atoms with Gasteiger partial charge in [-0.25, -0.2) is 0 Å². The van der Waals surface area contributed by atoms with Gasteiger partial charge in [0.05, 0.1) is 4.47 Å². The number of alkyl halides is 3. The summed E-state index contributed by atoms with van der Waals surface area (Å²) in [7, 11) is 0. The Morgan fingerprint density at radius 2 is 2.00 bits per heavy atom. The zero-order valence-electron chi connectivity index (χ0n) is 7.36. The van der Waals surface area contributed by atoms with Crippen LogP contribution in [0.2, 0.25) is 0 Å². The van der Waals surface area contributed by atoms with Crippen LogP contribution in [0.25, 0.3) is 0 Å². The lowest BCUT2D eigenvalue weighted by atomic mass is 10.1. The molecule has 0 aliphatic carbocycles. The number of para-hydroxylation sites is 1. The van der Waals surface area contributed by atoms with Crippen molar-refractivity contribution >= 4 is 15.9 Å². The molecule has 0 heterocycles. The molecule has 78 valence electrons. The normalized spacial score (nSPS) is 11.5. The molecular formula is C9H8BrF3O. The lowest BCUT2D eigenvalue weighted by Gasteiger charge is -2.13. The van der Waals surface area contributed by atoms with Gasteiger partial charge in [0.15, 0.2) is 0 Å². The van der Waals surface area contributed by atoms with E-state index in [0.717, 1.165) is 0 Å². The zero-order valence-corrected chi connectivity index (χ0v) is 8.95. The molecule has 1 nitrogen and oxygen atoms in total. The van der Waals surface area contributed by atoms with Gasteiger partial charge in [-0.1, -0.05) is 19.1 Å². The van der Waals surface area contributed by atoms with Crippen LogP contribution >= 0.6 is 15.9 Å². The molecule has 1 rings (SSSR count). The number of hydrogen-bond acceptors (Lipinski definition) is 1. The first-order chi connectivity index (χ1) is 6.44. The Bertz CT molecular complexity index is 322. The second kappa shape index (κ2) is 4.21. The van der Waals surface area contributed by atoms with E-state index in [4.69, 9.17) is 0 Å². The first-order valence-corrected chi connectivity index (χ1v) is 4.76. The number of ether oxygens (including phenoxy) is 1. The van der Waals surface area contributed by atoms with Gasteiger partial charge in [-0.2, -0.15) is 0 Å². The summed E-state index contributed by atoms with van der Waals surface area (Å²) in [5, 5.41) is 0. The molecule has 0 amide bonds. The Labute approximate surface area is 88.0 Å². The van der Waals surface area contributed by atoms with Crippen LogP contribution in [0.15, 0.2) is 22.7 Å². The summed E-state index contributed by atoms with van der Waals surface area (Å²) in [5.74, 6) is -0.150. The van der Waals surface area contributed by atoms with Crippen LogP contribution in [-0.2, 0) is 6.42 Å². The first kappa shape index (κ1) is 11.4. The largest absolute Gasteiger partial charge is 0.573 e. The smallest absolute Gasteiger partial charge is 0.404 e. The van der Waals surface area contributed by atoms with E-state index in [2.05, 4.69) is 20.7 Å². The van der Waals surface area contributed by atoms with Crippen molar-refractivity contribution in [2.75, 3.05) is 0 Å². The van der Waals surface area contributed by atoms with Crippen LogP contribution in [0.4, 0.5) is 13.2 Å². The molecule has 0 aromatic heterocycles. The van der Waals surface area contributed by atoms with Crippen molar-refractivity contribution in [3.05, 3.63) is 28.2 Å². The average molecular weight is 269 g/mol. The fourth-order valence-corrected chi connectivity index (χ4v) is 1.55. The van der Waals surface area contributed by atoms with Gasteiger partial charge in [-0.15, -0.1) is 13.2 Å². The SMILES string of the molecule is CCc1cccc(Br)c1OC(F)(F)F. The van der Waals surface area contributed by atoms with Crippen LogP contribution in [-0.4, -0.2) is 6.36 Å². The van der Waals surface area contributed by atoms with E-state index >= 15 is 0 Å². The van der Waals surface area contributed by atoms with Crippen molar-refractivity contribution in [1.29, 1.82) is 0 Å². The minimum absolute atomic E-state index is 0.150. The molecule has 1 aromatic carbocycles. The highest BCUT2D eigenvalue weighted by molar-refractivity contribution is 9.10. The molecule has 5 heteroatoms. The standard InChI is InChI=1S/C9H8BrF3O/c1-2-6-4-3-5-7(10)8(6)14-9(11,12)13/h3-5H,2H2,1H3. The highest BCUT2D eigenvalue weighted by Crippen LogP contribution is 2.33. The van der Waals surface area contributed by atoms with Gasteiger partial charge >= 0.3 is 6.36 Å². The monoisotopic (exact) mass is 268 g/mol. The summed E-state index contributed by atoms with van der Waals surface area (Å²) in [5.41, 5.74) is 0.525. The summed E-state index contributed by atoms with van der Waals surface area (Å²) in [6.07, 6.45) is -4.15. The van der Waals surface area contributed by atoms with Gasteiger partial charge in [0.1, 0.15) is 5.75 Å². The molecule has 0 aliphatic rings. The summed E-state index contributed by atoms with van der Waals surface area (Å²) in [6, 6.07) is 4.79. The van der Waals surface area contributed by atoms with Crippen LogP contribution in [0, 0.1) is 0 Å². The molecule has 0 saturated heterocycles. The minimum atomic E-state index is -4.65. The Morgan fingerprint density at radius 3 is 2.50 bits per heavy atom. The van der Waals surface area contributed by atoms with E-state index < -0.39 is 6.36 Å². The molecule has 0 spiro atoms. The van der Waals surface area contributed by atoms with Crippen LogP contribution < -0.4 is 4.74 Å². The van der Waals surface area contributed by atoms with Gasteiger partial charge in [0, 0.05) is 0 Å². The summed E-state index contributed by atoms with van der Waals surface area (Å²) < 4.78 is 40.2. The highest BCUT2D eigenvalue weighted by Gasteiger charge is 2.32. The van der Waals surface area contributed by atoms with Crippen molar-refractivity contribution in [3.8, 4) is 5.75 Å². The quantitative estimate of drug-likeness (QED) is 0.790. The lowest BCUT2D eigenvalue weighted by molar-refractivity contribution is -0.275. The third kappa shape index (κ3) is 2.90. The number of halogens is 4. The van der Waals surface area contributed by atoms with Gasteiger partial charge in [-0.3, -0.25) is 0 Å². The molecule has 0 fully saturated rings. The number of rotatable bonds is 2. The van der Waals surface area contributed by atoms with E-state index in [9.17, 15) is 13.2 Å². The maximum Gasteiger partial charge on any atom is 0.573 e. The first-order valence-electron chi connectivity index (χ1n) is 3.97. The van der Waals surface area contributed by atoms with Crippen molar-refractivity contribution in [2.45, 2.75) is 19.7 Å². The predicted octanol–water partition coefficient (Wildman–Crippen LogP) is 3.91. The van der Waals surface area contributed by atoms with Gasteiger partial charge in [0.25, 0.3) is 0 Å². The third-order valence-electron chi connectivity index (χ3n) is 1.65. The average Bonchev–Trinajstić information content (AvgIpc) is 2.06. The van der Waals surface area contributed by atoms with Crippen LogP contribution in [0.3, 0.4) is 0 Å². The molecule has 0 unspecified atom stereocenters. The molecule has 14 heavy (non-hydrogen) atoms. The van der Waals surface area contributed by atoms with Gasteiger partial charge in [0.2, 0.25) is 0 Å². The minimum Gasteiger partial charge on any atom is -0.404 e. The van der Waals surface area contributed by atoms with E-state index in [1.165, 1.54) is 6.07 Å². The summed E-state index contributed by atoms with van der Waals surface area (Å²) in [4.78, 5) is 0. The fourth-order valence-electron chi connectivity index (χ4n) is 1.06. The van der Waals surface area contributed by atoms with E-state index in [0.29, 0.717) is 16.5 Å². The molecule has 0 radical (unpaired) electrons. The van der Waals surface area contributed by atoms with Crippen molar-refractivity contribution in [1.82, 2.24) is 0 Å².